The number of nitrogens with two attached hydrogens (primary N) is 1. The molecule has 6 rings (SSSR count). The SMILES string of the molecule is C[C@H]1CN(C(=O)N2CCC(n3c(-c4ccccn4)nc4cc(F)ccc43)CC2)CCN1Cc1ccnc(N)c1. The summed E-state index contributed by atoms with van der Waals surface area (Å²) in [4.78, 5) is 33.2. The maximum Gasteiger partial charge on any atom is 0.320 e. The Hall–Kier alpha value is -4.05. The molecule has 0 unspecified atom stereocenters. The number of rotatable bonds is 4. The van der Waals surface area contributed by atoms with Crippen molar-refractivity contribution in [1.29, 1.82) is 0 Å². The van der Waals surface area contributed by atoms with E-state index in [-0.39, 0.29) is 23.9 Å². The molecule has 0 aliphatic carbocycles. The van der Waals surface area contributed by atoms with Gasteiger partial charge >= 0.3 is 6.03 Å². The number of aromatic nitrogens is 4. The molecular weight excluding hydrogens is 495 g/mol. The summed E-state index contributed by atoms with van der Waals surface area (Å²) in [6.45, 7) is 6.50. The Labute approximate surface area is 227 Å². The molecule has 39 heavy (non-hydrogen) atoms. The summed E-state index contributed by atoms with van der Waals surface area (Å²) in [5.74, 6) is 0.960. The Morgan fingerprint density at radius 3 is 2.59 bits per heavy atom. The van der Waals surface area contributed by atoms with Crippen molar-refractivity contribution in [3.63, 3.8) is 0 Å². The smallest absolute Gasteiger partial charge is 0.320 e. The molecule has 2 aliphatic heterocycles. The van der Waals surface area contributed by atoms with E-state index in [2.05, 4.69) is 26.4 Å². The van der Waals surface area contributed by atoms with Crippen molar-refractivity contribution in [2.24, 2.45) is 0 Å². The summed E-state index contributed by atoms with van der Waals surface area (Å²) in [7, 11) is 0. The second-order valence-corrected chi connectivity index (χ2v) is 10.5. The molecule has 2 saturated heterocycles. The number of anilines is 1. The molecule has 2 aliphatic rings. The largest absolute Gasteiger partial charge is 0.384 e. The Balaban J connectivity index is 1.12. The van der Waals surface area contributed by atoms with Crippen LogP contribution in [0.4, 0.5) is 15.0 Å². The predicted molar refractivity (Wildman–Crippen MR) is 148 cm³/mol. The molecule has 10 heteroatoms. The summed E-state index contributed by atoms with van der Waals surface area (Å²) < 4.78 is 16.2. The van der Waals surface area contributed by atoms with E-state index < -0.39 is 0 Å². The van der Waals surface area contributed by atoms with Crippen molar-refractivity contribution in [2.45, 2.75) is 38.4 Å². The van der Waals surface area contributed by atoms with Crippen LogP contribution < -0.4 is 5.73 Å². The Bertz CT molecular complexity index is 1470. The van der Waals surface area contributed by atoms with Crippen LogP contribution in [0.5, 0.6) is 0 Å². The summed E-state index contributed by atoms with van der Waals surface area (Å²) >= 11 is 0. The molecule has 3 aromatic heterocycles. The topological polar surface area (TPSA) is 96.4 Å². The van der Waals surface area contributed by atoms with Gasteiger partial charge in [0.2, 0.25) is 0 Å². The number of piperidine rings is 1. The monoisotopic (exact) mass is 528 g/mol. The number of hydrogen-bond acceptors (Lipinski definition) is 6. The molecule has 1 aromatic carbocycles. The number of benzene rings is 1. The number of nitrogens with zero attached hydrogens (tertiary/aromatic N) is 7. The van der Waals surface area contributed by atoms with Gasteiger partial charge in [-0.2, -0.15) is 0 Å². The van der Waals surface area contributed by atoms with Crippen LogP contribution >= 0.6 is 0 Å². The van der Waals surface area contributed by atoms with Gasteiger partial charge in [0.05, 0.1) is 11.0 Å². The summed E-state index contributed by atoms with van der Waals surface area (Å²) in [5, 5.41) is 0. The van der Waals surface area contributed by atoms with E-state index in [1.165, 1.54) is 12.1 Å². The number of pyridine rings is 2. The Morgan fingerprint density at radius 2 is 1.85 bits per heavy atom. The van der Waals surface area contributed by atoms with Crippen molar-refractivity contribution in [3.8, 4) is 11.5 Å². The number of fused-ring (bicyclic) bond motifs is 1. The average Bonchev–Trinajstić information content (AvgIpc) is 3.33. The van der Waals surface area contributed by atoms with Gasteiger partial charge in [0.25, 0.3) is 0 Å². The van der Waals surface area contributed by atoms with E-state index >= 15 is 0 Å². The first-order chi connectivity index (χ1) is 19.0. The van der Waals surface area contributed by atoms with E-state index in [4.69, 9.17) is 10.7 Å². The van der Waals surface area contributed by atoms with Gasteiger partial charge in [-0.25, -0.2) is 19.2 Å². The number of piperazine rings is 1. The normalized spacial score (nSPS) is 19.1. The number of urea groups is 1. The lowest BCUT2D eigenvalue weighted by Gasteiger charge is -2.43. The van der Waals surface area contributed by atoms with Crippen LogP contribution in [0.2, 0.25) is 0 Å². The van der Waals surface area contributed by atoms with E-state index in [1.54, 1.807) is 18.5 Å². The van der Waals surface area contributed by atoms with E-state index in [0.29, 0.717) is 37.5 Å². The van der Waals surface area contributed by atoms with Gasteiger partial charge in [-0.3, -0.25) is 9.88 Å². The molecule has 0 spiro atoms. The molecule has 2 N–H and O–H groups in total. The maximum atomic E-state index is 14.0. The lowest BCUT2D eigenvalue weighted by atomic mass is 10.0. The van der Waals surface area contributed by atoms with Gasteiger partial charge in [-0.1, -0.05) is 6.07 Å². The van der Waals surface area contributed by atoms with Crippen molar-refractivity contribution in [3.05, 3.63) is 72.3 Å². The van der Waals surface area contributed by atoms with Gasteiger partial charge in [-0.15, -0.1) is 0 Å². The summed E-state index contributed by atoms with van der Waals surface area (Å²) in [5.41, 5.74) is 9.25. The van der Waals surface area contributed by atoms with Crippen LogP contribution in [0.3, 0.4) is 0 Å². The van der Waals surface area contributed by atoms with Gasteiger partial charge < -0.3 is 20.1 Å². The highest BCUT2D eigenvalue weighted by molar-refractivity contribution is 5.80. The second kappa shape index (κ2) is 10.6. The zero-order valence-corrected chi connectivity index (χ0v) is 22.1. The van der Waals surface area contributed by atoms with E-state index in [0.717, 1.165) is 48.5 Å². The first kappa shape index (κ1) is 25.2. The standard InChI is InChI=1S/C29H33FN8O/c1-20-18-37(15-14-36(20)19-21-7-11-33-27(31)16-21)29(39)35-12-8-23(9-13-35)38-26-6-5-22(30)17-25(26)34-28(38)24-4-2-3-10-32-24/h2-7,10-11,16-17,20,23H,8-9,12-15,18-19H2,1H3,(H2,31,33)/t20-/m0/s1. The highest BCUT2D eigenvalue weighted by atomic mass is 19.1. The zero-order chi connectivity index (χ0) is 26.9. The number of likely N-dealkylation sites (tertiary alicyclic amines) is 1. The molecule has 2 amide bonds. The molecule has 0 bridgehead atoms. The van der Waals surface area contributed by atoms with Gasteiger partial charge in [-0.05, 0) is 61.7 Å². The number of carbonyl (C=O) groups is 1. The number of carbonyl (C=O) groups excluding carboxylic acids is 1. The van der Waals surface area contributed by atoms with Crippen molar-refractivity contribution >= 4 is 22.9 Å². The minimum Gasteiger partial charge on any atom is -0.384 e. The predicted octanol–water partition coefficient (Wildman–Crippen LogP) is 4.18. The van der Waals surface area contributed by atoms with Gasteiger partial charge in [0.15, 0.2) is 5.82 Å². The lowest BCUT2D eigenvalue weighted by Crippen LogP contribution is -2.57. The van der Waals surface area contributed by atoms with Gasteiger partial charge in [0, 0.05) is 69.8 Å². The van der Waals surface area contributed by atoms with Crippen LogP contribution in [-0.4, -0.2) is 79.0 Å². The first-order valence-corrected chi connectivity index (χ1v) is 13.5. The van der Waals surface area contributed by atoms with E-state index in [1.807, 2.05) is 40.1 Å². The fourth-order valence-corrected chi connectivity index (χ4v) is 5.86. The summed E-state index contributed by atoms with van der Waals surface area (Å²) in [6.07, 6.45) is 5.08. The highest BCUT2D eigenvalue weighted by Crippen LogP contribution is 2.33. The second-order valence-electron chi connectivity index (χ2n) is 10.5. The fraction of sp³-hybridized carbons (Fsp3) is 0.379. The molecule has 4 aromatic rings. The van der Waals surface area contributed by atoms with Crippen LogP contribution in [0.1, 0.15) is 31.4 Å². The van der Waals surface area contributed by atoms with Crippen LogP contribution in [0, 0.1) is 5.82 Å². The molecule has 2 fully saturated rings. The fourth-order valence-electron chi connectivity index (χ4n) is 5.86. The maximum absolute atomic E-state index is 14.0. The lowest BCUT2D eigenvalue weighted by molar-refractivity contribution is 0.0712. The number of halogens is 1. The molecule has 202 valence electrons. The zero-order valence-electron chi connectivity index (χ0n) is 22.1. The minimum absolute atomic E-state index is 0.107. The van der Waals surface area contributed by atoms with Crippen molar-refractivity contribution < 1.29 is 9.18 Å². The third-order valence-corrected chi connectivity index (χ3v) is 7.91. The number of nitrogen functional groups attached to an aromatic ring is 1. The quantitative estimate of drug-likeness (QED) is 0.427. The van der Waals surface area contributed by atoms with E-state index in [9.17, 15) is 9.18 Å². The number of amides is 2. The van der Waals surface area contributed by atoms with Crippen molar-refractivity contribution in [2.75, 3.05) is 38.5 Å². The molecule has 0 radical (unpaired) electrons. The average molecular weight is 529 g/mol. The molecular formula is C29H33FN8O. The number of hydrogen-bond donors (Lipinski definition) is 1. The van der Waals surface area contributed by atoms with Crippen LogP contribution in [0.25, 0.3) is 22.6 Å². The van der Waals surface area contributed by atoms with Gasteiger partial charge in [0.1, 0.15) is 17.3 Å². The number of imidazole rings is 1. The van der Waals surface area contributed by atoms with Crippen molar-refractivity contribution in [1.82, 2.24) is 34.2 Å². The molecule has 0 saturated carbocycles. The Kier molecular flexibility index (Phi) is 6.86. The molecule has 9 nitrogen and oxygen atoms in total. The first-order valence-electron chi connectivity index (χ1n) is 13.5. The third-order valence-electron chi connectivity index (χ3n) is 7.91. The Morgan fingerprint density at radius 1 is 1.00 bits per heavy atom. The highest BCUT2D eigenvalue weighted by Gasteiger charge is 2.33. The third kappa shape index (κ3) is 5.16. The van der Waals surface area contributed by atoms with Crippen LogP contribution in [-0.2, 0) is 6.54 Å². The summed E-state index contributed by atoms with van der Waals surface area (Å²) in [6, 6.07) is 14.9. The van der Waals surface area contributed by atoms with Crippen LogP contribution in [0.15, 0.2) is 60.9 Å². The molecule has 1 atom stereocenters. The minimum atomic E-state index is -0.306. The molecule has 5 heterocycles.